The molecule has 0 saturated carbocycles. The van der Waals surface area contributed by atoms with Gasteiger partial charge in [-0.2, -0.15) is 10.2 Å². The third-order valence-corrected chi connectivity index (χ3v) is 4.22. The van der Waals surface area contributed by atoms with Crippen LogP contribution in [0.3, 0.4) is 0 Å². The summed E-state index contributed by atoms with van der Waals surface area (Å²) in [6, 6.07) is 0. The van der Waals surface area contributed by atoms with E-state index in [2.05, 4.69) is 21.1 Å². The maximum Gasteiger partial charge on any atom is 0.184 e. The molecule has 0 aliphatic carbocycles. The molecule has 0 atom stereocenters. The average molecular weight is 401 g/mol. The van der Waals surface area contributed by atoms with Gasteiger partial charge < -0.3 is 11.5 Å². The molecule has 0 heterocycles. The third-order valence-electron chi connectivity index (χ3n) is 4.04. The zero-order chi connectivity index (χ0) is 19.6. The molecule has 0 aromatic carbocycles. The van der Waals surface area contributed by atoms with Crippen LogP contribution >= 0.6 is 24.4 Å². The molecule has 0 aliphatic heterocycles. The van der Waals surface area contributed by atoms with Crippen molar-refractivity contribution in [2.75, 3.05) is 0 Å². The number of thiocarbonyl (C=S) groups is 2. The fraction of sp³-hybridized carbons (Fsp3) is 0.778. The van der Waals surface area contributed by atoms with Crippen LogP contribution in [0.5, 0.6) is 0 Å². The Balaban J connectivity index is 3.34. The Bertz CT molecular complexity index is 421. The summed E-state index contributed by atoms with van der Waals surface area (Å²) in [7, 11) is 0. The van der Waals surface area contributed by atoms with Crippen LogP contribution in [-0.4, -0.2) is 21.6 Å². The first-order valence-electron chi connectivity index (χ1n) is 9.59. The number of nitrogens with two attached hydrogens (primary N) is 2. The van der Waals surface area contributed by atoms with Gasteiger partial charge >= 0.3 is 0 Å². The highest BCUT2D eigenvalue weighted by Gasteiger charge is 1.97. The van der Waals surface area contributed by atoms with E-state index in [0.29, 0.717) is 0 Å². The molecule has 150 valence electrons. The van der Waals surface area contributed by atoms with E-state index in [1.807, 2.05) is 13.8 Å². The van der Waals surface area contributed by atoms with E-state index in [0.717, 1.165) is 24.3 Å². The Hall–Kier alpha value is -1.28. The van der Waals surface area contributed by atoms with E-state index in [4.69, 9.17) is 35.9 Å². The molecule has 0 amide bonds. The lowest BCUT2D eigenvalue weighted by Gasteiger charge is -2.04. The summed E-state index contributed by atoms with van der Waals surface area (Å²) in [5.74, 6) is 0. The Morgan fingerprint density at radius 1 is 0.615 bits per heavy atom. The standard InChI is InChI=1S/C18H36N6S2/c1-15(21-23-17(19)25)13-11-9-7-5-3-4-6-8-10-12-14-16(2)22-24-18(20)26/h3-14H2,1-2H3,(H3,19,23,25)(H3,20,24,26)/b21-15-,22-16+. The van der Waals surface area contributed by atoms with E-state index < -0.39 is 0 Å². The lowest BCUT2D eigenvalue weighted by Crippen LogP contribution is -2.25. The van der Waals surface area contributed by atoms with E-state index in [-0.39, 0.29) is 10.2 Å². The molecule has 6 N–H and O–H groups in total. The molecule has 0 aromatic rings. The van der Waals surface area contributed by atoms with Crippen molar-refractivity contribution >= 4 is 46.1 Å². The van der Waals surface area contributed by atoms with Crippen LogP contribution in [0.25, 0.3) is 0 Å². The Labute approximate surface area is 169 Å². The number of hydrogen-bond acceptors (Lipinski definition) is 4. The van der Waals surface area contributed by atoms with Crippen molar-refractivity contribution in [3.05, 3.63) is 0 Å². The van der Waals surface area contributed by atoms with Gasteiger partial charge in [0, 0.05) is 11.4 Å². The Morgan fingerprint density at radius 2 is 0.885 bits per heavy atom. The van der Waals surface area contributed by atoms with E-state index in [9.17, 15) is 0 Å². The van der Waals surface area contributed by atoms with Gasteiger partial charge in [0.25, 0.3) is 0 Å². The van der Waals surface area contributed by atoms with Crippen LogP contribution in [0.4, 0.5) is 0 Å². The van der Waals surface area contributed by atoms with Crippen molar-refractivity contribution < 1.29 is 0 Å². The predicted octanol–water partition coefficient (Wildman–Crippen LogP) is 4.09. The molecule has 0 aliphatic rings. The topological polar surface area (TPSA) is 101 Å². The molecule has 0 aromatic heterocycles. The summed E-state index contributed by atoms with van der Waals surface area (Å²) in [6.45, 7) is 4.00. The second kappa shape index (κ2) is 17.1. The first-order chi connectivity index (χ1) is 12.4. The minimum atomic E-state index is 0.223. The second-order valence-electron chi connectivity index (χ2n) is 6.68. The van der Waals surface area contributed by atoms with Crippen LogP contribution in [-0.2, 0) is 0 Å². The number of rotatable bonds is 15. The van der Waals surface area contributed by atoms with Gasteiger partial charge in [-0.1, -0.05) is 51.4 Å². The van der Waals surface area contributed by atoms with Crippen molar-refractivity contribution in [1.29, 1.82) is 0 Å². The molecule has 0 radical (unpaired) electrons. The molecule has 8 heteroatoms. The van der Waals surface area contributed by atoms with Crippen molar-refractivity contribution in [2.24, 2.45) is 21.7 Å². The van der Waals surface area contributed by atoms with Crippen LogP contribution < -0.4 is 22.3 Å². The van der Waals surface area contributed by atoms with Gasteiger partial charge in [-0.3, -0.25) is 10.9 Å². The summed E-state index contributed by atoms with van der Waals surface area (Å²) in [6.07, 6.45) is 14.9. The number of nitrogens with zero attached hydrogens (tertiary/aromatic N) is 2. The second-order valence-corrected chi connectivity index (χ2v) is 7.56. The van der Waals surface area contributed by atoms with Crippen molar-refractivity contribution in [3.8, 4) is 0 Å². The van der Waals surface area contributed by atoms with E-state index in [1.165, 1.54) is 64.2 Å². The fourth-order valence-corrected chi connectivity index (χ4v) is 2.68. The molecule has 0 spiro atoms. The minimum Gasteiger partial charge on any atom is -0.375 e. The predicted molar refractivity (Wildman–Crippen MR) is 121 cm³/mol. The molecule has 26 heavy (non-hydrogen) atoms. The largest absolute Gasteiger partial charge is 0.375 e. The third kappa shape index (κ3) is 19.1. The maximum atomic E-state index is 5.33. The highest BCUT2D eigenvalue weighted by molar-refractivity contribution is 7.80. The summed E-state index contributed by atoms with van der Waals surface area (Å²) in [4.78, 5) is 0. The van der Waals surface area contributed by atoms with E-state index >= 15 is 0 Å². The molecule has 0 bridgehead atoms. The van der Waals surface area contributed by atoms with Gasteiger partial charge in [-0.25, -0.2) is 0 Å². The van der Waals surface area contributed by atoms with Crippen molar-refractivity contribution in [3.63, 3.8) is 0 Å². The van der Waals surface area contributed by atoms with Gasteiger partial charge in [0.15, 0.2) is 10.2 Å². The summed E-state index contributed by atoms with van der Waals surface area (Å²) in [5.41, 5.74) is 18.0. The van der Waals surface area contributed by atoms with Gasteiger partial charge in [0.05, 0.1) is 0 Å². The summed E-state index contributed by atoms with van der Waals surface area (Å²) >= 11 is 9.43. The average Bonchev–Trinajstić information content (AvgIpc) is 2.59. The molecule has 0 saturated heterocycles. The number of nitrogens with one attached hydrogen (secondary N) is 2. The molecule has 0 rings (SSSR count). The Morgan fingerprint density at radius 3 is 1.15 bits per heavy atom. The lowest BCUT2D eigenvalue weighted by atomic mass is 10.0. The van der Waals surface area contributed by atoms with Gasteiger partial charge in [0.1, 0.15) is 0 Å². The van der Waals surface area contributed by atoms with Crippen LogP contribution in [0.15, 0.2) is 10.2 Å². The summed E-state index contributed by atoms with van der Waals surface area (Å²) in [5, 5.41) is 8.67. The first-order valence-corrected chi connectivity index (χ1v) is 10.4. The first kappa shape index (κ1) is 24.7. The van der Waals surface area contributed by atoms with Crippen LogP contribution in [0.1, 0.15) is 90.9 Å². The quantitative estimate of drug-likeness (QED) is 0.143. The smallest absolute Gasteiger partial charge is 0.184 e. The molecule has 0 unspecified atom stereocenters. The SMILES string of the molecule is C/C(CCCCCCCCCCCC/C(C)=N/NC(N)=S)=N/NC(N)=S. The van der Waals surface area contributed by atoms with Crippen LogP contribution in [0, 0.1) is 0 Å². The minimum absolute atomic E-state index is 0.223. The molecule has 0 fully saturated rings. The highest BCUT2D eigenvalue weighted by Crippen LogP contribution is 2.12. The Kier molecular flexibility index (Phi) is 16.3. The highest BCUT2D eigenvalue weighted by atomic mass is 32.1. The maximum absolute atomic E-state index is 5.33. The van der Waals surface area contributed by atoms with Gasteiger partial charge in [-0.05, 0) is 64.0 Å². The number of unbranched alkanes of at least 4 members (excludes halogenated alkanes) is 9. The monoisotopic (exact) mass is 400 g/mol. The molecular weight excluding hydrogens is 364 g/mol. The molecule has 6 nitrogen and oxygen atoms in total. The van der Waals surface area contributed by atoms with Crippen LogP contribution in [0.2, 0.25) is 0 Å². The fourth-order valence-electron chi connectivity index (χ4n) is 2.59. The summed E-state index contributed by atoms with van der Waals surface area (Å²) < 4.78 is 0. The zero-order valence-electron chi connectivity index (χ0n) is 16.4. The lowest BCUT2D eigenvalue weighted by molar-refractivity contribution is 0.556. The zero-order valence-corrected chi connectivity index (χ0v) is 18.0. The van der Waals surface area contributed by atoms with Gasteiger partial charge in [-0.15, -0.1) is 0 Å². The van der Waals surface area contributed by atoms with Crippen molar-refractivity contribution in [2.45, 2.75) is 90.9 Å². The number of hydrogen-bond donors (Lipinski definition) is 4. The molecular formula is C18H36N6S2. The van der Waals surface area contributed by atoms with Gasteiger partial charge in [0.2, 0.25) is 0 Å². The number of hydrazone groups is 2. The normalized spacial score (nSPS) is 12.1. The van der Waals surface area contributed by atoms with E-state index in [1.54, 1.807) is 0 Å². The van der Waals surface area contributed by atoms with Crippen molar-refractivity contribution in [1.82, 2.24) is 10.9 Å².